The molecule has 2 N–H and O–H groups in total. The normalized spacial score (nSPS) is 18.1. The molecule has 0 saturated heterocycles. The molecule has 4 heteroatoms. The fourth-order valence-corrected chi connectivity index (χ4v) is 2.51. The summed E-state index contributed by atoms with van der Waals surface area (Å²) in [6.45, 7) is 0.726. The van der Waals surface area contributed by atoms with Gasteiger partial charge in [0.15, 0.2) is 0 Å². The van der Waals surface area contributed by atoms with Crippen LogP contribution in [0.3, 0.4) is 0 Å². The van der Waals surface area contributed by atoms with Gasteiger partial charge in [-0.15, -0.1) is 0 Å². The molecule has 0 bridgehead atoms. The van der Waals surface area contributed by atoms with E-state index in [0.29, 0.717) is 11.8 Å². The smallest absolute Gasteiger partial charge is 0.226 e. The highest BCUT2D eigenvalue weighted by molar-refractivity contribution is 5.55. The summed E-state index contributed by atoms with van der Waals surface area (Å²) in [5.41, 5.74) is 7.80. The first kappa shape index (κ1) is 12.2. The van der Waals surface area contributed by atoms with Gasteiger partial charge in [-0.3, -0.25) is 0 Å². The molecule has 1 aromatic heterocycles. The van der Waals surface area contributed by atoms with E-state index < -0.39 is 0 Å². The SMILES string of the molecule is COc1ccc(-c2nc3c(o2)CCC(CN)C3)cc1. The molecular weight excluding hydrogens is 240 g/mol. The molecule has 3 rings (SSSR count). The zero-order valence-electron chi connectivity index (χ0n) is 11.1. The van der Waals surface area contributed by atoms with Crippen molar-refractivity contribution in [3.63, 3.8) is 0 Å². The fourth-order valence-electron chi connectivity index (χ4n) is 2.51. The van der Waals surface area contributed by atoms with Crippen molar-refractivity contribution < 1.29 is 9.15 Å². The summed E-state index contributed by atoms with van der Waals surface area (Å²) in [5.74, 6) is 3.10. The molecule has 1 atom stereocenters. The van der Waals surface area contributed by atoms with Crippen LogP contribution >= 0.6 is 0 Å². The Morgan fingerprint density at radius 1 is 1.37 bits per heavy atom. The number of methoxy groups -OCH3 is 1. The summed E-state index contributed by atoms with van der Waals surface area (Å²) in [4.78, 5) is 4.61. The maximum absolute atomic E-state index is 5.87. The summed E-state index contributed by atoms with van der Waals surface area (Å²) in [5, 5.41) is 0. The number of nitrogens with two attached hydrogens (primary N) is 1. The molecule has 1 aromatic carbocycles. The lowest BCUT2D eigenvalue weighted by molar-refractivity contribution is 0.412. The van der Waals surface area contributed by atoms with Crippen LogP contribution in [-0.2, 0) is 12.8 Å². The molecule has 4 nitrogen and oxygen atoms in total. The van der Waals surface area contributed by atoms with E-state index in [0.717, 1.165) is 48.6 Å². The van der Waals surface area contributed by atoms with Crippen LogP contribution in [0, 0.1) is 5.92 Å². The second kappa shape index (κ2) is 5.05. The van der Waals surface area contributed by atoms with Gasteiger partial charge in [-0.05, 0) is 49.6 Å². The van der Waals surface area contributed by atoms with Gasteiger partial charge in [-0.1, -0.05) is 0 Å². The summed E-state index contributed by atoms with van der Waals surface area (Å²) in [6.07, 6.45) is 2.98. The number of benzene rings is 1. The standard InChI is InChI=1S/C15H18N2O2/c1-18-12-5-3-11(4-6-12)15-17-13-8-10(9-16)2-7-14(13)19-15/h3-6,10H,2,7-9,16H2,1H3. The number of fused-ring (bicyclic) bond motifs is 1. The first-order chi connectivity index (χ1) is 9.30. The lowest BCUT2D eigenvalue weighted by Gasteiger charge is -2.17. The molecule has 0 saturated carbocycles. The number of nitrogens with zero attached hydrogens (tertiary/aromatic N) is 1. The van der Waals surface area contributed by atoms with Crippen molar-refractivity contribution in [3.05, 3.63) is 35.7 Å². The first-order valence-electron chi connectivity index (χ1n) is 6.63. The molecule has 1 unspecified atom stereocenters. The van der Waals surface area contributed by atoms with Crippen LogP contribution in [0.2, 0.25) is 0 Å². The van der Waals surface area contributed by atoms with Gasteiger partial charge in [0.1, 0.15) is 11.5 Å². The third-order valence-corrected chi connectivity index (χ3v) is 3.71. The van der Waals surface area contributed by atoms with Crippen molar-refractivity contribution in [2.75, 3.05) is 13.7 Å². The zero-order valence-corrected chi connectivity index (χ0v) is 11.1. The predicted octanol–water partition coefficient (Wildman–Crippen LogP) is 2.41. The number of oxazole rings is 1. The largest absolute Gasteiger partial charge is 0.497 e. The van der Waals surface area contributed by atoms with Crippen LogP contribution in [0.1, 0.15) is 17.9 Å². The Bertz CT molecular complexity index is 560. The number of hydrogen-bond donors (Lipinski definition) is 1. The molecule has 0 spiro atoms. The Hall–Kier alpha value is -1.81. The van der Waals surface area contributed by atoms with E-state index in [2.05, 4.69) is 4.98 Å². The van der Waals surface area contributed by atoms with Crippen LogP contribution in [0.25, 0.3) is 11.5 Å². The van der Waals surface area contributed by atoms with Crippen LogP contribution in [0.15, 0.2) is 28.7 Å². The van der Waals surface area contributed by atoms with E-state index in [1.54, 1.807) is 7.11 Å². The number of rotatable bonds is 3. The molecule has 1 heterocycles. The Morgan fingerprint density at radius 2 is 2.16 bits per heavy atom. The van der Waals surface area contributed by atoms with Crippen LogP contribution in [0.4, 0.5) is 0 Å². The molecule has 0 amide bonds. The molecular formula is C15H18N2O2. The zero-order chi connectivity index (χ0) is 13.2. The topological polar surface area (TPSA) is 61.3 Å². The molecule has 19 heavy (non-hydrogen) atoms. The van der Waals surface area contributed by atoms with Crippen LogP contribution in [-0.4, -0.2) is 18.6 Å². The van der Waals surface area contributed by atoms with Crippen molar-refractivity contribution in [2.24, 2.45) is 11.7 Å². The first-order valence-corrected chi connectivity index (χ1v) is 6.63. The average molecular weight is 258 g/mol. The van der Waals surface area contributed by atoms with Crippen molar-refractivity contribution in [1.82, 2.24) is 4.98 Å². The fraction of sp³-hybridized carbons (Fsp3) is 0.400. The third-order valence-electron chi connectivity index (χ3n) is 3.71. The van der Waals surface area contributed by atoms with Crippen molar-refractivity contribution in [2.45, 2.75) is 19.3 Å². The minimum Gasteiger partial charge on any atom is -0.497 e. The van der Waals surface area contributed by atoms with E-state index in [1.807, 2.05) is 24.3 Å². The van der Waals surface area contributed by atoms with E-state index in [-0.39, 0.29) is 0 Å². The van der Waals surface area contributed by atoms with E-state index in [9.17, 15) is 0 Å². The number of aromatic nitrogens is 1. The maximum atomic E-state index is 5.87. The Kier molecular flexibility index (Phi) is 3.25. The molecule has 100 valence electrons. The highest BCUT2D eigenvalue weighted by atomic mass is 16.5. The lowest BCUT2D eigenvalue weighted by atomic mass is 9.90. The van der Waals surface area contributed by atoms with Gasteiger partial charge in [-0.25, -0.2) is 4.98 Å². The number of aryl methyl sites for hydroxylation is 1. The van der Waals surface area contributed by atoms with E-state index >= 15 is 0 Å². The molecule has 1 aliphatic rings. The maximum Gasteiger partial charge on any atom is 0.226 e. The minimum absolute atomic E-state index is 0.543. The Labute approximate surface area is 112 Å². The van der Waals surface area contributed by atoms with Gasteiger partial charge in [-0.2, -0.15) is 0 Å². The van der Waals surface area contributed by atoms with Crippen molar-refractivity contribution in [3.8, 4) is 17.2 Å². The van der Waals surface area contributed by atoms with Gasteiger partial charge >= 0.3 is 0 Å². The second-order valence-corrected chi connectivity index (χ2v) is 4.96. The summed E-state index contributed by atoms with van der Waals surface area (Å²) >= 11 is 0. The Morgan fingerprint density at radius 3 is 2.84 bits per heavy atom. The second-order valence-electron chi connectivity index (χ2n) is 4.96. The molecule has 0 radical (unpaired) electrons. The number of ether oxygens (including phenoxy) is 1. The molecule has 1 aliphatic carbocycles. The molecule has 0 aliphatic heterocycles. The summed E-state index contributed by atoms with van der Waals surface area (Å²) in [7, 11) is 1.66. The molecule has 0 fully saturated rings. The van der Waals surface area contributed by atoms with Gasteiger partial charge < -0.3 is 14.9 Å². The number of hydrogen-bond acceptors (Lipinski definition) is 4. The quantitative estimate of drug-likeness (QED) is 0.918. The predicted molar refractivity (Wildman–Crippen MR) is 73.1 cm³/mol. The summed E-state index contributed by atoms with van der Waals surface area (Å²) in [6, 6.07) is 7.77. The van der Waals surface area contributed by atoms with Crippen molar-refractivity contribution >= 4 is 0 Å². The average Bonchev–Trinajstić information content (AvgIpc) is 2.90. The van der Waals surface area contributed by atoms with Gasteiger partial charge in [0.05, 0.1) is 12.8 Å². The van der Waals surface area contributed by atoms with Gasteiger partial charge in [0, 0.05) is 12.0 Å². The van der Waals surface area contributed by atoms with E-state index in [4.69, 9.17) is 14.9 Å². The van der Waals surface area contributed by atoms with Crippen molar-refractivity contribution in [1.29, 1.82) is 0 Å². The highest BCUT2D eigenvalue weighted by Crippen LogP contribution is 2.30. The minimum atomic E-state index is 0.543. The highest BCUT2D eigenvalue weighted by Gasteiger charge is 2.23. The molecule has 2 aromatic rings. The monoisotopic (exact) mass is 258 g/mol. The van der Waals surface area contributed by atoms with Gasteiger partial charge in [0.25, 0.3) is 0 Å². The Balaban J connectivity index is 1.88. The van der Waals surface area contributed by atoms with Crippen LogP contribution < -0.4 is 10.5 Å². The van der Waals surface area contributed by atoms with Gasteiger partial charge in [0.2, 0.25) is 5.89 Å². The van der Waals surface area contributed by atoms with Crippen LogP contribution in [0.5, 0.6) is 5.75 Å². The lowest BCUT2D eigenvalue weighted by Crippen LogP contribution is -2.21. The summed E-state index contributed by atoms with van der Waals surface area (Å²) < 4.78 is 11.0. The van der Waals surface area contributed by atoms with E-state index in [1.165, 1.54) is 0 Å². The third kappa shape index (κ3) is 2.36.